The SMILES string of the molecule is CN1CCC(C(=O)NC23CCC(C4=NN=C(c5ccc(-c6ccc7cc(C#N)cnn67)cc5NC5CCOCC5)C4)(CC2)CC3)CC1. The molecule has 47 heavy (non-hydrogen) atoms. The molecule has 0 radical (unpaired) electrons. The van der Waals surface area contributed by atoms with Gasteiger partial charge in [-0.15, -0.1) is 0 Å². The Balaban J connectivity index is 0.990. The molecular formula is C37H44N8O2. The minimum Gasteiger partial charge on any atom is -0.382 e. The van der Waals surface area contributed by atoms with Gasteiger partial charge in [0.25, 0.3) is 0 Å². The average molecular weight is 633 g/mol. The van der Waals surface area contributed by atoms with Gasteiger partial charge in [0.1, 0.15) is 6.07 Å². The van der Waals surface area contributed by atoms with E-state index < -0.39 is 0 Å². The Kier molecular flexibility index (Phi) is 7.85. The molecule has 1 aromatic carbocycles. The molecule has 10 nitrogen and oxygen atoms in total. The molecule has 0 atom stereocenters. The second kappa shape index (κ2) is 12.2. The van der Waals surface area contributed by atoms with E-state index in [0.29, 0.717) is 11.6 Å². The second-order valence-electron chi connectivity index (χ2n) is 14.6. The number of aromatic nitrogens is 2. The third-order valence-electron chi connectivity index (χ3n) is 11.8. The number of ether oxygens (including phenoxy) is 1. The smallest absolute Gasteiger partial charge is 0.223 e. The molecule has 3 aromatic rings. The van der Waals surface area contributed by atoms with E-state index in [9.17, 15) is 10.1 Å². The van der Waals surface area contributed by atoms with Crippen LogP contribution in [0.5, 0.6) is 0 Å². The van der Waals surface area contributed by atoms with Crippen molar-refractivity contribution in [3.05, 3.63) is 53.7 Å². The zero-order valence-electron chi connectivity index (χ0n) is 27.3. The fourth-order valence-electron chi connectivity index (χ4n) is 8.65. The molecule has 5 fully saturated rings. The van der Waals surface area contributed by atoms with Gasteiger partial charge in [0, 0.05) is 59.4 Å². The molecule has 6 aliphatic rings. The van der Waals surface area contributed by atoms with Gasteiger partial charge in [-0.1, -0.05) is 12.1 Å². The van der Waals surface area contributed by atoms with E-state index in [0.717, 1.165) is 131 Å². The number of nitriles is 1. The van der Waals surface area contributed by atoms with Crippen LogP contribution in [-0.4, -0.2) is 76.8 Å². The minimum absolute atomic E-state index is 0.0460. The lowest BCUT2D eigenvalue weighted by atomic mass is 9.55. The molecule has 0 unspecified atom stereocenters. The molecule has 5 heterocycles. The van der Waals surface area contributed by atoms with Crippen LogP contribution in [0.15, 0.2) is 52.8 Å². The van der Waals surface area contributed by atoms with Gasteiger partial charge in [0.15, 0.2) is 0 Å². The summed E-state index contributed by atoms with van der Waals surface area (Å²) in [6, 6.07) is 15.0. The minimum atomic E-state index is -0.0460. The normalized spacial score (nSPS) is 27.0. The molecule has 244 valence electrons. The predicted molar refractivity (Wildman–Crippen MR) is 183 cm³/mol. The third kappa shape index (κ3) is 5.74. The highest BCUT2D eigenvalue weighted by molar-refractivity contribution is 6.19. The van der Waals surface area contributed by atoms with Crippen LogP contribution in [0.2, 0.25) is 0 Å². The van der Waals surface area contributed by atoms with Gasteiger partial charge in [0.2, 0.25) is 5.91 Å². The number of carbonyl (C=O) groups excluding carboxylic acids is 1. The average Bonchev–Trinajstić information content (AvgIpc) is 3.78. The van der Waals surface area contributed by atoms with Crippen LogP contribution in [0.3, 0.4) is 0 Å². The van der Waals surface area contributed by atoms with Crippen LogP contribution in [0.25, 0.3) is 16.8 Å². The van der Waals surface area contributed by atoms with Crippen LogP contribution >= 0.6 is 0 Å². The Bertz CT molecular complexity index is 1760. The zero-order chi connectivity index (χ0) is 32.0. The highest BCUT2D eigenvalue weighted by Crippen LogP contribution is 2.54. The number of anilines is 1. The number of hydrogen-bond donors (Lipinski definition) is 2. The van der Waals surface area contributed by atoms with E-state index >= 15 is 0 Å². The number of benzene rings is 1. The van der Waals surface area contributed by atoms with Gasteiger partial charge >= 0.3 is 0 Å². The summed E-state index contributed by atoms with van der Waals surface area (Å²) in [5, 5.41) is 31.0. The van der Waals surface area contributed by atoms with E-state index in [4.69, 9.17) is 14.9 Å². The molecule has 2 bridgehead atoms. The fourth-order valence-corrected chi connectivity index (χ4v) is 8.65. The van der Waals surface area contributed by atoms with Gasteiger partial charge in [0.05, 0.1) is 34.4 Å². The first-order valence-electron chi connectivity index (χ1n) is 17.4. The largest absolute Gasteiger partial charge is 0.382 e. The highest BCUT2D eigenvalue weighted by atomic mass is 16.5. The van der Waals surface area contributed by atoms with Crippen molar-refractivity contribution in [1.82, 2.24) is 19.8 Å². The van der Waals surface area contributed by atoms with Crippen molar-refractivity contribution in [2.24, 2.45) is 21.5 Å². The van der Waals surface area contributed by atoms with Crippen LogP contribution < -0.4 is 10.6 Å². The van der Waals surface area contributed by atoms with Crippen LogP contribution in [0, 0.1) is 22.7 Å². The summed E-state index contributed by atoms with van der Waals surface area (Å²) in [5.74, 6) is 0.434. The maximum atomic E-state index is 13.3. The number of nitrogens with one attached hydrogen (secondary N) is 2. The first-order chi connectivity index (χ1) is 22.9. The van der Waals surface area contributed by atoms with Crippen molar-refractivity contribution in [2.45, 2.75) is 82.2 Å². The van der Waals surface area contributed by atoms with Crippen molar-refractivity contribution in [3.63, 3.8) is 0 Å². The second-order valence-corrected chi connectivity index (χ2v) is 14.6. The molecule has 3 aliphatic heterocycles. The molecular weight excluding hydrogens is 588 g/mol. The van der Waals surface area contributed by atoms with E-state index in [1.807, 2.05) is 16.6 Å². The highest BCUT2D eigenvalue weighted by Gasteiger charge is 2.52. The van der Waals surface area contributed by atoms with Gasteiger partial charge in [-0.2, -0.15) is 20.6 Å². The van der Waals surface area contributed by atoms with Crippen molar-refractivity contribution in [1.29, 1.82) is 5.26 Å². The molecule has 3 aliphatic carbocycles. The number of rotatable bonds is 7. The van der Waals surface area contributed by atoms with E-state index in [-0.39, 0.29) is 22.8 Å². The van der Waals surface area contributed by atoms with E-state index in [2.05, 4.69) is 58.0 Å². The lowest BCUT2D eigenvalue weighted by molar-refractivity contribution is -0.130. The zero-order valence-corrected chi connectivity index (χ0v) is 27.3. The molecule has 10 heteroatoms. The van der Waals surface area contributed by atoms with E-state index in [1.54, 1.807) is 6.20 Å². The standard InChI is InChI=1S/C37H44N8O2/c1-44-16-6-26(7-17-44)35(46)41-37-13-10-36(11-14-37,12-15-37)34-22-32(42-43-34)30-4-2-27(21-31(30)40-28-8-18-47-19-9-28)33-5-3-29-20-25(23-38)24-39-45(29)33/h2-5,20-21,24,26,28,40H,6-19,22H2,1H3,(H,41,46). The lowest BCUT2D eigenvalue weighted by Crippen LogP contribution is -2.59. The van der Waals surface area contributed by atoms with Crippen LogP contribution in [-0.2, 0) is 9.53 Å². The summed E-state index contributed by atoms with van der Waals surface area (Å²) in [6.45, 7) is 3.54. The first kappa shape index (κ1) is 30.3. The molecule has 2 N–H and O–H groups in total. The van der Waals surface area contributed by atoms with Gasteiger partial charge in [-0.25, -0.2) is 4.52 Å². The Morgan fingerprint density at radius 2 is 1.74 bits per heavy atom. The van der Waals surface area contributed by atoms with Crippen molar-refractivity contribution in [3.8, 4) is 17.3 Å². The molecule has 2 saturated heterocycles. The number of fused-ring (bicyclic) bond motifs is 4. The van der Waals surface area contributed by atoms with E-state index in [1.165, 1.54) is 5.71 Å². The summed E-state index contributed by atoms with van der Waals surface area (Å²) in [5.41, 5.74) is 7.91. The molecule has 9 rings (SSSR count). The first-order valence-corrected chi connectivity index (χ1v) is 17.4. The Morgan fingerprint density at radius 1 is 0.979 bits per heavy atom. The van der Waals surface area contributed by atoms with Gasteiger partial charge < -0.3 is 20.3 Å². The molecule has 2 aromatic heterocycles. The van der Waals surface area contributed by atoms with Crippen LogP contribution in [0.4, 0.5) is 5.69 Å². The van der Waals surface area contributed by atoms with Crippen LogP contribution in [0.1, 0.15) is 81.8 Å². The Hall–Kier alpha value is -4.07. The lowest BCUT2D eigenvalue weighted by Gasteiger charge is -2.54. The summed E-state index contributed by atoms with van der Waals surface area (Å²) in [6.07, 6.45) is 12.5. The fraction of sp³-hybridized carbons (Fsp3) is 0.541. The number of likely N-dealkylation sites (tertiary alicyclic amines) is 1. The maximum absolute atomic E-state index is 13.3. The topological polar surface area (TPSA) is 119 Å². The maximum Gasteiger partial charge on any atom is 0.223 e. The van der Waals surface area contributed by atoms with Gasteiger partial charge in [-0.3, -0.25) is 4.79 Å². The third-order valence-corrected chi connectivity index (χ3v) is 11.8. The number of piperidine rings is 1. The number of amides is 1. The van der Waals surface area contributed by atoms with Gasteiger partial charge in [-0.05, 0) is 109 Å². The summed E-state index contributed by atoms with van der Waals surface area (Å²) in [7, 11) is 2.14. The monoisotopic (exact) mass is 632 g/mol. The predicted octanol–water partition coefficient (Wildman–Crippen LogP) is 5.56. The summed E-state index contributed by atoms with van der Waals surface area (Å²) < 4.78 is 7.54. The number of hydrogen-bond acceptors (Lipinski definition) is 8. The summed E-state index contributed by atoms with van der Waals surface area (Å²) >= 11 is 0. The molecule has 0 spiro atoms. The summed E-state index contributed by atoms with van der Waals surface area (Å²) in [4.78, 5) is 15.6. The van der Waals surface area contributed by atoms with Crippen molar-refractivity contribution < 1.29 is 9.53 Å². The Labute approximate surface area is 276 Å². The quantitative estimate of drug-likeness (QED) is 0.352. The Morgan fingerprint density at radius 3 is 2.49 bits per heavy atom. The molecule has 1 amide bonds. The number of nitrogens with zero attached hydrogens (tertiary/aromatic N) is 6. The van der Waals surface area contributed by atoms with Crippen molar-refractivity contribution in [2.75, 3.05) is 38.7 Å². The van der Waals surface area contributed by atoms with Crippen molar-refractivity contribution >= 4 is 28.5 Å². The number of carbonyl (C=O) groups is 1. The molecule has 3 saturated carbocycles.